The number of hydrogen-bond acceptors (Lipinski definition) is 3. The van der Waals surface area contributed by atoms with Crippen molar-refractivity contribution in [3.63, 3.8) is 0 Å². The summed E-state index contributed by atoms with van der Waals surface area (Å²) in [7, 11) is -3.16. The van der Waals surface area contributed by atoms with Gasteiger partial charge in [-0.15, -0.1) is 0 Å². The second kappa shape index (κ2) is 4.29. The maximum absolute atomic E-state index is 10.9. The third-order valence-electron chi connectivity index (χ3n) is 1.72. The minimum absolute atomic E-state index is 0.269. The van der Waals surface area contributed by atoms with Crippen LogP contribution < -0.4 is 0 Å². The molecule has 0 amide bonds. The predicted molar refractivity (Wildman–Crippen MR) is 56.1 cm³/mol. The van der Waals surface area contributed by atoms with E-state index in [1.54, 1.807) is 24.3 Å². The van der Waals surface area contributed by atoms with Crippen LogP contribution in [0.3, 0.4) is 0 Å². The molecule has 3 nitrogen and oxygen atoms in total. The fourth-order valence-corrected chi connectivity index (χ4v) is 1.96. The summed E-state index contributed by atoms with van der Waals surface area (Å²) in [6, 6.07) is 6.45. The van der Waals surface area contributed by atoms with Gasteiger partial charge in [-0.1, -0.05) is 23.7 Å². The fourth-order valence-electron chi connectivity index (χ4n) is 1.07. The van der Waals surface area contributed by atoms with Crippen LogP contribution in [0.2, 0.25) is 5.02 Å². The van der Waals surface area contributed by atoms with Crippen LogP contribution in [0, 0.1) is 0 Å². The Bertz CT molecular complexity index is 397. The number of aliphatic hydroxyl groups excluding tert-OH is 1. The van der Waals surface area contributed by atoms with Crippen LogP contribution in [-0.2, 0) is 9.84 Å². The SMILES string of the molecule is CS(=O)(=O)C[C@H](O)c1ccc(Cl)cc1. The zero-order chi connectivity index (χ0) is 10.8. The van der Waals surface area contributed by atoms with Gasteiger partial charge in [-0.05, 0) is 17.7 Å². The summed E-state index contributed by atoms with van der Waals surface area (Å²) < 4.78 is 21.8. The van der Waals surface area contributed by atoms with Crippen LogP contribution >= 0.6 is 11.6 Å². The first-order valence-corrected chi connectivity index (χ1v) is 6.43. The van der Waals surface area contributed by atoms with E-state index in [-0.39, 0.29) is 5.75 Å². The minimum Gasteiger partial charge on any atom is -0.387 e. The summed E-state index contributed by atoms with van der Waals surface area (Å²) in [6.45, 7) is 0. The average Bonchev–Trinajstić information content (AvgIpc) is 2.02. The number of benzene rings is 1. The molecule has 0 heterocycles. The Morgan fingerprint density at radius 2 is 1.86 bits per heavy atom. The van der Waals surface area contributed by atoms with Gasteiger partial charge in [0.25, 0.3) is 0 Å². The van der Waals surface area contributed by atoms with Crippen LogP contribution in [0.5, 0.6) is 0 Å². The number of hydrogen-bond donors (Lipinski definition) is 1. The molecule has 5 heteroatoms. The van der Waals surface area contributed by atoms with Gasteiger partial charge in [-0.3, -0.25) is 0 Å². The molecule has 0 aliphatic rings. The van der Waals surface area contributed by atoms with Crippen molar-refractivity contribution < 1.29 is 13.5 Å². The van der Waals surface area contributed by atoms with Crippen LogP contribution in [0.25, 0.3) is 0 Å². The fraction of sp³-hybridized carbons (Fsp3) is 0.333. The monoisotopic (exact) mass is 234 g/mol. The smallest absolute Gasteiger partial charge is 0.150 e. The summed E-state index contributed by atoms with van der Waals surface area (Å²) in [5.74, 6) is -0.269. The van der Waals surface area contributed by atoms with Crippen LogP contribution in [0.15, 0.2) is 24.3 Å². The highest BCUT2D eigenvalue weighted by Gasteiger charge is 2.13. The number of halogens is 1. The van der Waals surface area contributed by atoms with Crippen molar-refractivity contribution in [3.8, 4) is 0 Å². The zero-order valence-electron chi connectivity index (χ0n) is 7.64. The molecular weight excluding hydrogens is 224 g/mol. The molecule has 1 aromatic rings. The second-order valence-electron chi connectivity index (χ2n) is 3.16. The Balaban J connectivity index is 2.80. The summed E-state index contributed by atoms with van der Waals surface area (Å²) in [4.78, 5) is 0. The summed E-state index contributed by atoms with van der Waals surface area (Å²) in [5, 5.41) is 10.1. The minimum atomic E-state index is -3.16. The second-order valence-corrected chi connectivity index (χ2v) is 5.78. The molecule has 0 spiro atoms. The molecule has 0 saturated heterocycles. The van der Waals surface area contributed by atoms with Crippen molar-refractivity contribution in [2.45, 2.75) is 6.10 Å². The number of rotatable bonds is 3. The van der Waals surface area contributed by atoms with E-state index in [9.17, 15) is 13.5 Å². The highest BCUT2D eigenvalue weighted by molar-refractivity contribution is 7.90. The molecule has 78 valence electrons. The first-order valence-electron chi connectivity index (χ1n) is 4.00. The van der Waals surface area contributed by atoms with E-state index < -0.39 is 15.9 Å². The summed E-state index contributed by atoms with van der Waals surface area (Å²) in [5.41, 5.74) is 0.555. The Labute approximate surface area is 88.2 Å². The zero-order valence-corrected chi connectivity index (χ0v) is 9.22. The van der Waals surface area contributed by atoms with E-state index in [1.165, 1.54) is 0 Å². The molecule has 1 rings (SSSR count). The number of aliphatic hydroxyl groups is 1. The van der Waals surface area contributed by atoms with Gasteiger partial charge in [0.05, 0.1) is 11.9 Å². The molecule has 1 atom stereocenters. The lowest BCUT2D eigenvalue weighted by Crippen LogP contribution is -2.12. The third kappa shape index (κ3) is 3.65. The Kier molecular flexibility index (Phi) is 3.53. The molecule has 0 aromatic heterocycles. The lowest BCUT2D eigenvalue weighted by Gasteiger charge is -2.09. The van der Waals surface area contributed by atoms with Crippen LogP contribution in [0.1, 0.15) is 11.7 Å². The maximum Gasteiger partial charge on any atom is 0.150 e. The van der Waals surface area contributed by atoms with Crippen molar-refractivity contribution in [2.75, 3.05) is 12.0 Å². The van der Waals surface area contributed by atoms with E-state index >= 15 is 0 Å². The largest absolute Gasteiger partial charge is 0.387 e. The summed E-state index contributed by atoms with van der Waals surface area (Å²) in [6.07, 6.45) is 0.105. The molecule has 14 heavy (non-hydrogen) atoms. The van der Waals surface area contributed by atoms with Crippen LogP contribution in [0.4, 0.5) is 0 Å². The standard InChI is InChI=1S/C9H11ClO3S/c1-14(12,13)6-9(11)7-2-4-8(10)5-3-7/h2-5,9,11H,6H2,1H3/t9-/m0/s1. The molecule has 0 bridgehead atoms. The van der Waals surface area contributed by atoms with Gasteiger partial charge in [-0.2, -0.15) is 0 Å². The Hall–Kier alpha value is -0.580. The van der Waals surface area contributed by atoms with Gasteiger partial charge < -0.3 is 5.11 Å². The lowest BCUT2D eigenvalue weighted by atomic mass is 10.1. The summed E-state index contributed by atoms with van der Waals surface area (Å²) >= 11 is 5.65. The lowest BCUT2D eigenvalue weighted by molar-refractivity contribution is 0.202. The number of sulfone groups is 1. The van der Waals surface area contributed by atoms with Gasteiger partial charge in [-0.25, -0.2) is 8.42 Å². The van der Waals surface area contributed by atoms with Gasteiger partial charge in [0.1, 0.15) is 9.84 Å². The van der Waals surface area contributed by atoms with Crippen molar-refractivity contribution in [3.05, 3.63) is 34.9 Å². The quantitative estimate of drug-likeness (QED) is 0.861. The molecule has 0 aliphatic heterocycles. The van der Waals surface area contributed by atoms with Crippen molar-refractivity contribution >= 4 is 21.4 Å². The maximum atomic E-state index is 10.9. The Morgan fingerprint density at radius 1 is 1.36 bits per heavy atom. The molecule has 0 fully saturated rings. The van der Waals surface area contributed by atoms with Gasteiger partial charge in [0.15, 0.2) is 0 Å². The van der Waals surface area contributed by atoms with Crippen molar-refractivity contribution in [1.82, 2.24) is 0 Å². The topological polar surface area (TPSA) is 54.4 Å². The van der Waals surface area contributed by atoms with E-state index in [4.69, 9.17) is 11.6 Å². The average molecular weight is 235 g/mol. The molecule has 1 N–H and O–H groups in total. The first-order chi connectivity index (χ1) is 6.38. The molecule has 0 radical (unpaired) electrons. The van der Waals surface area contributed by atoms with Gasteiger partial charge in [0.2, 0.25) is 0 Å². The Morgan fingerprint density at radius 3 is 2.29 bits per heavy atom. The van der Waals surface area contributed by atoms with E-state index in [0.29, 0.717) is 10.6 Å². The highest BCUT2D eigenvalue weighted by Crippen LogP contribution is 2.17. The van der Waals surface area contributed by atoms with Gasteiger partial charge >= 0.3 is 0 Å². The molecule has 1 aromatic carbocycles. The van der Waals surface area contributed by atoms with Gasteiger partial charge in [0, 0.05) is 11.3 Å². The van der Waals surface area contributed by atoms with E-state index in [2.05, 4.69) is 0 Å². The van der Waals surface area contributed by atoms with Crippen molar-refractivity contribution in [2.24, 2.45) is 0 Å². The molecule has 0 saturated carbocycles. The molecule has 0 aliphatic carbocycles. The molecule has 0 unspecified atom stereocenters. The molecular formula is C9H11ClO3S. The van der Waals surface area contributed by atoms with Crippen molar-refractivity contribution in [1.29, 1.82) is 0 Å². The van der Waals surface area contributed by atoms with Crippen LogP contribution in [-0.4, -0.2) is 25.5 Å². The predicted octanol–water partition coefficient (Wildman–Crippen LogP) is 1.42. The normalized spacial score (nSPS) is 13.9. The first kappa shape index (κ1) is 11.5. The highest BCUT2D eigenvalue weighted by atomic mass is 35.5. The van der Waals surface area contributed by atoms with E-state index in [0.717, 1.165) is 6.26 Å². The third-order valence-corrected chi connectivity index (χ3v) is 2.89. The van der Waals surface area contributed by atoms with E-state index in [1.807, 2.05) is 0 Å².